The van der Waals surface area contributed by atoms with Gasteiger partial charge in [-0.05, 0) is 44.7 Å². The van der Waals surface area contributed by atoms with Crippen molar-refractivity contribution >= 4 is 15.9 Å². The molecule has 2 rings (SSSR count). The normalized spacial score (nSPS) is 16.9. The number of ether oxygens (including phenoxy) is 1. The van der Waals surface area contributed by atoms with Crippen LogP contribution in [0.2, 0.25) is 0 Å². The molecule has 15 heavy (non-hydrogen) atoms. The lowest BCUT2D eigenvalue weighted by molar-refractivity contribution is 0.200. The van der Waals surface area contributed by atoms with Crippen LogP contribution in [0.4, 0.5) is 0 Å². The lowest BCUT2D eigenvalue weighted by Gasteiger charge is -2.16. The second-order valence-corrected chi connectivity index (χ2v) is 4.90. The third-order valence-corrected chi connectivity index (χ3v) is 3.76. The molecule has 0 aromatic heterocycles. The van der Waals surface area contributed by atoms with E-state index >= 15 is 0 Å². The van der Waals surface area contributed by atoms with Crippen molar-refractivity contribution in [3.63, 3.8) is 0 Å². The number of aromatic hydroxyl groups is 1. The van der Waals surface area contributed by atoms with E-state index < -0.39 is 0 Å². The Morgan fingerprint density at radius 3 is 2.67 bits per heavy atom. The van der Waals surface area contributed by atoms with Crippen LogP contribution in [0.3, 0.4) is 0 Å². The first-order valence-corrected chi connectivity index (χ1v) is 6.12. The van der Waals surface area contributed by atoms with E-state index in [4.69, 9.17) is 4.74 Å². The summed E-state index contributed by atoms with van der Waals surface area (Å²) in [6.45, 7) is 1.95. The lowest BCUT2D eigenvalue weighted by Crippen LogP contribution is -2.11. The molecule has 1 aromatic carbocycles. The Morgan fingerprint density at radius 1 is 1.33 bits per heavy atom. The second-order valence-electron chi connectivity index (χ2n) is 4.04. The van der Waals surface area contributed by atoms with Crippen LogP contribution in [0.15, 0.2) is 16.6 Å². The van der Waals surface area contributed by atoms with Crippen LogP contribution in [0.25, 0.3) is 0 Å². The minimum Gasteiger partial charge on any atom is -0.504 e. The van der Waals surface area contributed by atoms with E-state index in [1.165, 1.54) is 12.8 Å². The van der Waals surface area contributed by atoms with Crippen molar-refractivity contribution in [3.8, 4) is 11.5 Å². The third-order valence-electron chi connectivity index (χ3n) is 2.91. The summed E-state index contributed by atoms with van der Waals surface area (Å²) in [7, 11) is 0. The van der Waals surface area contributed by atoms with Crippen molar-refractivity contribution < 1.29 is 9.84 Å². The molecule has 1 aromatic rings. The van der Waals surface area contributed by atoms with Gasteiger partial charge in [0.25, 0.3) is 0 Å². The van der Waals surface area contributed by atoms with Crippen LogP contribution in [0.1, 0.15) is 31.2 Å². The Balaban J connectivity index is 2.22. The summed E-state index contributed by atoms with van der Waals surface area (Å²) in [6.07, 6.45) is 4.96. The smallest absolute Gasteiger partial charge is 0.165 e. The van der Waals surface area contributed by atoms with Gasteiger partial charge in [-0.2, -0.15) is 0 Å². The molecule has 0 heterocycles. The molecule has 1 aliphatic rings. The molecule has 1 fully saturated rings. The van der Waals surface area contributed by atoms with Crippen molar-refractivity contribution in [2.75, 3.05) is 0 Å². The Bertz CT molecular complexity index is 357. The van der Waals surface area contributed by atoms with E-state index in [2.05, 4.69) is 15.9 Å². The molecular weight excluding hydrogens is 256 g/mol. The summed E-state index contributed by atoms with van der Waals surface area (Å²) < 4.78 is 6.82. The van der Waals surface area contributed by atoms with E-state index in [1.54, 1.807) is 6.07 Å². The molecule has 0 atom stereocenters. The molecule has 0 amide bonds. The van der Waals surface area contributed by atoms with Gasteiger partial charge < -0.3 is 9.84 Å². The molecule has 2 nitrogen and oxygen atoms in total. The van der Waals surface area contributed by atoms with Crippen LogP contribution >= 0.6 is 15.9 Å². The van der Waals surface area contributed by atoms with E-state index in [-0.39, 0.29) is 11.9 Å². The van der Waals surface area contributed by atoms with E-state index in [0.717, 1.165) is 22.9 Å². The first-order valence-electron chi connectivity index (χ1n) is 5.33. The van der Waals surface area contributed by atoms with Gasteiger partial charge in [-0.3, -0.25) is 0 Å². The van der Waals surface area contributed by atoms with Gasteiger partial charge in [0.2, 0.25) is 0 Å². The summed E-state index contributed by atoms with van der Waals surface area (Å²) >= 11 is 3.44. The number of halogens is 1. The molecule has 0 unspecified atom stereocenters. The molecule has 1 N–H and O–H groups in total. The highest BCUT2D eigenvalue weighted by atomic mass is 79.9. The van der Waals surface area contributed by atoms with E-state index in [9.17, 15) is 5.11 Å². The number of phenolic OH excluding ortho intramolecular Hbond substituents is 1. The van der Waals surface area contributed by atoms with Gasteiger partial charge in [0, 0.05) is 10.0 Å². The van der Waals surface area contributed by atoms with Gasteiger partial charge in [0.15, 0.2) is 11.5 Å². The minimum atomic E-state index is 0.239. The third kappa shape index (κ3) is 2.28. The van der Waals surface area contributed by atoms with Crippen molar-refractivity contribution in [1.82, 2.24) is 0 Å². The molecule has 0 bridgehead atoms. The van der Waals surface area contributed by atoms with E-state index in [0.29, 0.717) is 5.75 Å². The maximum atomic E-state index is 9.73. The predicted octanol–water partition coefficient (Wildman–Crippen LogP) is 3.78. The molecule has 3 heteroatoms. The Labute approximate surface area is 98.4 Å². The highest BCUT2D eigenvalue weighted by Gasteiger charge is 2.19. The number of rotatable bonds is 2. The zero-order valence-corrected chi connectivity index (χ0v) is 10.4. The van der Waals surface area contributed by atoms with Crippen molar-refractivity contribution in [3.05, 3.63) is 22.2 Å². The lowest BCUT2D eigenvalue weighted by atomic mass is 10.2. The molecular formula is C12H15BrO2. The SMILES string of the molecule is Cc1c(Br)ccc(O)c1OC1CCCC1. The number of hydrogen-bond acceptors (Lipinski definition) is 2. The second kappa shape index (κ2) is 4.44. The van der Waals surface area contributed by atoms with Gasteiger partial charge in [-0.25, -0.2) is 0 Å². The first-order chi connectivity index (χ1) is 7.18. The van der Waals surface area contributed by atoms with Gasteiger partial charge >= 0.3 is 0 Å². The Kier molecular flexibility index (Phi) is 3.19. The number of phenols is 1. The fourth-order valence-electron chi connectivity index (χ4n) is 1.97. The molecule has 82 valence electrons. The summed E-state index contributed by atoms with van der Waals surface area (Å²) in [6, 6.07) is 3.51. The largest absolute Gasteiger partial charge is 0.504 e. The standard InChI is InChI=1S/C12H15BrO2/c1-8-10(13)6-7-11(14)12(8)15-9-4-2-3-5-9/h6-7,9,14H,2-5H2,1H3. The summed E-state index contributed by atoms with van der Waals surface area (Å²) in [5, 5.41) is 9.73. The van der Waals surface area contributed by atoms with Crippen molar-refractivity contribution in [2.45, 2.75) is 38.7 Å². The molecule has 0 saturated heterocycles. The average molecular weight is 271 g/mol. The van der Waals surface area contributed by atoms with Gasteiger partial charge in [0.1, 0.15) is 0 Å². The number of hydrogen-bond donors (Lipinski definition) is 1. The maximum Gasteiger partial charge on any atom is 0.165 e. The fourth-order valence-corrected chi connectivity index (χ4v) is 2.29. The zero-order valence-electron chi connectivity index (χ0n) is 8.79. The summed E-state index contributed by atoms with van der Waals surface area (Å²) in [4.78, 5) is 0. The van der Waals surface area contributed by atoms with Crippen LogP contribution in [0.5, 0.6) is 11.5 Å². The van der Waals surface area contributed by atoms with Crippen molar-refractivity contribution in [1.29, 1.82) is 0 Å². The van der Waals surface area contributed by atoms with Crippen LogP contribution in [-0.2, 0) is 0 Å². The maximum absolute atomic E-state index is 9.73. The van der Waals surface area contributed by atoms with Crippen LogP contribution in [-0.4, -0.2) is 11.2 Å². The zero-order chi connectivity index (χ0) is 10.8. The first kappa shape index (κ1) is 10.8. The molecule has 0 spiro atoms. The molecule has 1 aliphatic carbocycles. The van der Waals surface area contributed by atoms with Gasteiger partial charge in [-0.1, -0.05) is 15.9 Å². The monoisotopic (exact) mass is 270 g/mol. The van der Waals surface area contributed by atoms with Crippen molar-refractivity contribution in [2.24, 2.45) is 0 Å². The highest BCUT2D eigenvalue weighted by Crippen LogP contribution is 2.37. The van der Waals surface area contributed by atoms with Gasteiger partial charge in [0.05, 0.1) is 6.10 Å². The van der Waals surface area contributed by atoms with E-state index in [1.807, 2.05) is 13.0 Å². The summed E-state index contributed by atoms with van der Waals surface area (Å²) in [5.41, 5.74) is 0.974. The molecule has 0 aliphatic heterocycles. The summed E-state index contributed by atoms with van der Waals surface area (Å²) in [5.74, 6) is 0.874. The quantitative estimate of drug-likeness (QED) is 0.886. The highest BCUT2D eigenvalue weighted by molar-refractivity contribution is 9.10. The molecule has 1 saturated carbocycles. The minimum absolute atomic E-state index is 0.239. The Hall–Kier alpha value is -0.700. The van der Waals surface area contributed by atoms with Crippen LogP contribution in [0, 0.1) is 6.92 Å². The van der Waals surface area contributed by atoms with Crippen LogP contribution < -0.4 is 4.74 Å². The predicted molar refractivity (Wildman–Crippen MR) is 63.4 cm³/mol. The fraction of sp³-hybridized carbons (Fsp3) is 0.500. The molecule has 0 radical (unpaired) electrons. The van der Waals surface area contributed by atoms with Gasteiger partial charge in [-0.15, -0.1) is 0 Å². The average Bonchev–Trinajstić information content (AvgIpc) is 2.71. The number of benzene rings is 1. The Morgan fingerprint density at radius 2 is 2.00 bits per heavy atom. The topological polar surface area (TPSA) is 29.5 Å².